The topological polar surface area (TPSA) is 88.6 Å². The molecule has 0 spiro atoms. The second-order valence-electron chi connectivity index (χ2n) is 8.71. The molecule has 1 aromatic rings. The molecule has 0 aliphatic carbocycles. The van der Waals surface area contributed by atoms with Gasteiger partial charge in [-0.2, -0.15) is 5.26 Å². The van der Waals surface area contributed by atoms with Gasteiger partial charge in [0.05, 0.1) is 5.69 Å². The number of anilines is 1. The van der Waals surface area contributed by atoms with Gasteiger partial charge in [0.2, 0.25) is 0 Å². The van der Waals surface area contributed by atoms with Crippen molar-refractivity contribution in [3.63, 3.8) is 0 Å². The van der Waals surface area contributed by atoms with Crippen molar-refractivity contribution in [2.75, 3.05) is 18.8 Å². The number of nitrogen functional groups attached to an aromatic ring is 1. The largest absolute Gasteiger partial charge is 0.488 e. The van der Waals surface area contributed by atoms with Gasteiger partial charge in [-0.15, -0.1) is 0 Å². The van der Waals surface area contributed by atoms with E-state index in [0.717, 1.165) is 12.0 Å². The highest BCUT2D eigenvalue weighted by molar-refractivity contribution is 5.68. The summed E-state index contributed by atoms with van der Waals surface area (Å²) in [5, 5.41) is 9.52. The first-order valence-electron chi connectivity index (χ1n) is 10.0. The summed E-state index contributed by atoms with van der Waals surface area (Å²) in [6.07, 6.45) is 1.31. The normalized spacial score (nSPS) is 21.0. The third-order valence-electron chi connectivity index (χ3n) is 5.39. The molecule has 3 unspecified atom stereocenters. The number of hydrogen-bond donors (Lipinski definition) is 1. The fourth-order valence-corrected chi connectivity index (χ4v) is 3.57. The van der Waals surface area contributed by atoms with Crippen LogP contribution in [-0.4, -0.2) is 35.8 Å². The Morgan fingerprint density at radius 1 is 1.43 bits per heavy atom. The number of likely N-dealkylation sites (tertiary alicyclic amines) is 1. The number of hydrogen-bond acceptors (Lipinski definition) is 5. The highest BCUT2D eigenvalue weighted by atomic mass is 16.6. The summed E-state index contributed by atoms with van der Waals surface area (Å²) < 4.78 is 11.9. The van der Waals surface area contributed by atoms with Crippen molar-refractivity contribution >= 4 is 11.8 Å². The van der Waals surface area contributed by atoms with Crippen LogP contribution in [0.2, 0.25) is 0 Å². The molecule has 1 heterocycles. The molecule has 3 atom stereocenters. The molecule has 1 fully saturated rings. The molecule has 6 nitrogen and oxygen atoms in total. The Labute approximate surface area is 168 Å². The highest BCUT2D eigenvalue weighted by Gasteiger charge is 2.37. The number of nitriles is 1. The van der Waals surface area contributed by atoms with Crippen LogP contribution < -0.4 is 10.5 Å². The molecular formula is C22H33N3O3. The molecule has 2 N–H and O–H groups in total. The Morgan fingerprint density at radius 3 is 2.68 bits per heavy atom. The van der Waals surface area contributed by atoms with Gasteiger partial charge in [-0.1, -0.05) is 26.3 Å². The van der Waals surface area contributed by atoms with Gasteiger partial charge in [0.1, 0.15) is 29.1 Å². The number of piperidine rings is 1. The minimum absolute atomic E-state index is 0.0822. The lowest BCUT2D eigenvalue weighted by Crippen LogP contribution is -2.51. The van der Waals surface area contributed by atoms with Crippen molar-refractivity contribution in [3.8, 4) is 11.8 Å². The van der Waals surface area contributed by atoms with Crippen molar-refractivity contribution in [2.24, 2.45) is 11.8 Å². The lowest BCUT2D eigenvalue weighted by Gasteiger charge is -2.41. The van der Waals surface area contributed by atoms with Crippen molar-refractivity contribution in [1.29, 1.82) is 5.26 Å². The number of nitrogens with zero attached hydrogens (tertiary/aromatic N) is 2. The number of carbonyl (C=O) groups excluding carboxylic acids is 1. The molecular weight excluding hydrogens is 354 g/mol. The lowest BCUT2D eigenvalue weighted by molar-refractivity contribution is -0.0131. The van der Waals surface area contributed by atoms with Gasteiger partial charge in [0, 0.05) is 25.4 Å². The minimum atomic E-state index is -0.517. The number of ether oxygens (including phenoxy) is 2. The van der Waals surface area contributed by atoms with E-state index in [1.165, 1.54) is 0 Å². The number of aryl methyl sites for hydroxylation is 1. The van der Waals surface area contributed by atoms with E-state index >= 15 is 0 Å². The molecule has 1 aromatic carbocycles. The fourth-order valence-electron chi connectivity index (χ4n) is 3.57. The summed E-state index contributed by atoms with van der Waals surface area (Å²) in [7, 11) is 0. The van der Waals surface area contributed by atoms with Crippen LogP contribution in [0.25, 0.3) is 0 Å². The summed E-state index contributed by atoms with van der Waals surface area (Å²) in [6.45, 7) is 13.0. The number of amides is 1. The van der Waals surface area contributed by atoms with E-state index in [-0.39, 0.29) is 18.1 Å². The van der Waals surface area contributed by atoms with Crippen LogP contribution in [0.3, 0.4) is 0 Å². The maximum absolute atomic E-state index is 12.5. The standard InChI is InChI=1S/C22H33N3O3/c1-7-14(2)17-13-25(21(26)28-22(4,5)6)11-10-19(17)27-20-15(3)8-9-18(24)16(20)12-23/h8-9,14,17,19H,7,10-11,13,24H2,1-6H3. The summed E-state index contributed by atoms with van der Waals surface area (Å²) in [5.41, 5.74) is 7.16. The van der Waals surface area contributed by atoms with Crippen molar-refractivity contribution in [3.05, 3.63) is 23.3 Å². The van der Waals surface area contributed by atoms with Gasteiger partial charge in [-0.3, -0.25) is 0 Å². The van der Waals surface area contributed by atoms with Crippen molar-refractivity contribution in [2.45, 2.75) is 66.1 Å². The van der Waals surface area contributed by atoms with E-state index in [4.69, 9.17) is 15.2 Å². The quantitative estimate of drug-likeness (QED) is 0.769. The molecule has 6 heteroatoms. The third kappa shape index (κ3) is 5.09. The Morgan fingerprint density at radius 2 is 2.11 bits per heavy atom. The molecule has 1 saturated heterocycles. The molecule has 0 aromatic heterocycles. The van der Waals surface area contributed by atoms with Crippen LogP contribution >= 0.6 is 0 Å². The van der Waals surface area contributed by atoms with Crippen LogP contribution in [0.5, 0.6) is 5.75 Å². The Bertz CT molecular complexity index is 749. The molecule has 28 heavy (non-hydrogen) atoms. The first-order chi connectivity index (χ1) is 13.1. The molecule has 0 radical (unpaired) electrons. The van der Waals surface area contributed by atoms with Crippen LogP contribution in [0.1, 0.15) is 58.6 Å². The zero-order valence-electron chi connectivity index (χ0n) is 17.9. The van der Waals surface area contributed by atoms with Crippen molar-refractivity contribution in [1.82, 2.24) is 4.90 Å². The van der Waals surface area contributed by atoms with E-state index in [9.17, 15) is 10.1 Å². The van der Waals surface area contributed by atoms with Crippen LogP contribution in [-0.2, 0) is 4.74 Å². The molecule has 1 aliphatic rings. The lowest BCUT2D eigenvalue weighted by atomic mass is 9.82. The Balaban J connectivity index is 2.23. The van der Waals surface area contributed by atoms with Gasteiger partial charge in [0.15, 0.2) is 0 Å². The van der Waals surface area contributed by atoms with Crippen molar-refractivity contribution < 1.29 is 14.3 Å². The average molecular weight is 388 g/mol. The van der Waals surface area contributed by atoms with E-state index in [0.29, 0.717) is 42.4 Å². The summed E-state index contributed by atoms with van der Waals surface area (Å²) >= 11 is 0. The van der Waals surface area contributed by atoms with Gasteiger partial charge in [-0.05, 0) is 45.2 Å². The highest BCUT2D eigenvalue weighted by Crippen LogP contribution is 2.35. The second-order valence-corrected chi connectivity index (χ2v) is 8.71. The van der Waals surface area contributed by atoms with Crippen LogP contribution in [0, 0.1) is 30.1 Å². The second kappa shape index (κ2) is 8.72. The van der Waals surface area contributed by atoms with Gasteiger partial charge in [0.25, 0.3) is 0 Å². The first-order valence-corrected chi connectivity index (χ1v) is 10.0. The predicted octanol–water partition coefficient (Wildman–Crippen LogP) is 4.50. The maximum atomic E-state index is 12.5. The molecule has 1 amide bonds. The predicted molar refractivity (Wildman–Crippen MR) is 110 cm³/mol. The molecule has 0 saturated carbocycles. The van der Waals surface area contributed by atoms with Crippen LogP contribution in [0.4, 0.5) is 10.5 Å². The zero-order chi connectivity index (χ0) is 21.1. The molecule has 2 rings (SSSR count). The fraction of sp³-hybridized carbons (Fsp3) is 0.636. The number of nitrogens with two attached hydrogens (primary N) is 1. The Hall–Kier alpha value is -2.42. The smallest absolute Gasteiger partial charge is 0.410 e. The molecule has 1 aliphatic heterocycles. The van der Waals surface area contributed by atoms with Gasteiger partial charge >= 0.3 is 6.09 Å². The third-order valence-corrected chi connectivity index (χ3v) is 5.39. The number of carbonyl (C=O) groups is 1. The number of rotatable bonds is 4. The van der Waals surface area contributed by atoms with Gasteiger partial charge < -0.3 is 20.1 Å². The molecule has 0 bridgehead atoms. The minimum Gasteiger partial charge on any atom is -0.488 e. The van der Waals surface area contributed by atoms with E-state index in [1.54, 1.807) is 11.0 Å². The van der Waals surface area contributed by atoms with Crippen LogP contribution in [0.15, 0.2) is 12.1 Å². The van der Waals surface area contributed by atoms with E-state index in [2.05, 4.69) is 19.9 Å². The zero-order valence-corrected chi connectivity index (χ0v) is 17.9. The maximum Gasteiger partial charge on any atom is 0.410 e. The average Bonchev–Trinajstić information content (AvgIpc) is 2.63. The summed E-state index contributed by atoms with van der Waals surface area (Å²) in [4.78, 5) is 14.3. The summed E-state index contributed by atoms with van der Waals surface area (Å²) in [5.74, 6) is 1.08. The monoisotopic (exact) mass is 387 g/mol. The van der Waals surface area contributed by atoms with Gasteiger partial charge in [-0.25, -0.2) is 4.79 Å². The van der Waals surface area contributed by atoms with E-state index < -0.39 is 5.60 Å². The summed E-state index contributed by atoms with van der Waals surface area (Å²) in [6, 6.07) is 5.78. The SMILES string of the molecule is CCC(C)C1CN(C(=O)OC(C)(C)C)CCC1Oc1c(C)ccc(N)c1C#N. The number of benzene rings is 1. The first kappa shape index (κ1) is 21.9. The Kier molecular flexibility index (Phi) is 6.82. The molecule has 154 valence electrons. The van der Waals surface area contributed by atoms with E-state index in [1.807, 2.05) is 33.8 Å².